The predicted molar refractivity (Wildman–Crippen MR) is 96.8 cm³/mol. The number of carbonyl (C=O) groups excluding carboxylic acids is 2. The van der Waals surface area contributed by atoms with Crippen LogP contribution in [0.5, 0.6) is 0 Å². The molecule has 26 heavy (non-hydrogen) atoms. The van der Waals surface area contributed by atoms with Crippen molar-refractivity contribution in [2.24, 2.45) is 5.92 Å². The van der Waals surface area contributed by atoms with Gasteiger partial charge in [-0.2, -0.15) is 0 Å². The first-order chi connectivity index (χ1) is 12.4. The summed E-state index contributed by atoms with van der Waals surface area (Å²) < 4.78 is 31.5. The average Bonchev–Trinajstić information content (AvgIpc) is 2.60. The van der Waals surface area contributed by atoms with E-state index in [1.54, 1.807) is 13.8 Å². The second-order valence-electron chi connectivity index (χ2n) is 6.76. The fraction of sp³-hybridized carbons (Fsp3) is 0.600. The fourth-order valence-electron chi connectivity index (χ4n) is 2.50. The zero-order valence-electron chi connectivity index (χ0n) is 15.8. The highest BCUT2D eigenvalue weighted by molar-refractivity contribution is 5.96. The maximum atomic E-state index is 13.3. The molecule has 146 valence electrons. The summed E-state index contributed by atoms with van der Waals surface area (Å²) in [6.45, 7) is 6.03. The number of hydrogen-bond donors (Lipinski definition) is 1. The third-order valence-corrected chi connectivity index (χ3v) is 4.13. The highest BCUT2D eigenvalue weighted by atomic mass is 19.2. The molecular weight excluding hydrogens is 340 g/mol. The van der Waals surface area contributed by atoms with Crippen molar-refractivity contribution in [3.63, 3.8) is 0 Å². The van der Waals surface area contributed by atoms with Gasteiger partial charge in [-0.15, -0.1) is 0 Å². The molecule has 1 N–H and O–H groups in total. The Balaban J connectivity index is 2.50. The molecule has 4 nitrogen and oxygen atoms in total. The van der Waals surface area contributed by atoms with E-state index in [-0.39, 0.29) is 11.5 Å². The highest BCUT2D eigenvalue weighted by Gasteiger charge is 2.26. The summed E-state index contributed by atoms with van der Waals surface area (Å²) >= 11 is 0. The second-order valence-corrected chi connectivity index (χ2v) is 6.76. The normalized spacial score (nSPS) is 12.1. The minimum Gasteiger partial charge on any atom is -0.464 e. The first-order valence-corrected chi connectivity index (χ1v) is 9.29. The minimum atomic E-state index is -1.11. The summed E-state index contributed by atoms with van der Waals surface area (Å²) in [6.07, 6.45) is 6.49. The van der Waals surface area contributed by atoms with Crippen molar-refractivity contribution in [1.29, 1.82) is 0 Å². The summed E-state index contributed by atoms with van der Waals surface area (Å²) in [4.78, 5) is 24.4. The Morgan fingerprint density at radius 3 is 2.31 bits per heavy atom. The molecule has 0 saturated heterocycles. The number of unbranched alkanes of at least 4 members (excludes halogenated alkanes) is 5. The molecule has 0 heterocycles. The lowest BCUT2D eigenvalue weighted by Gasteiger charge is -2.21. The van der Waals surface area contributed by atoms with Gasteiger partial charge in [-0.05, 0) is 30.5 Å². The van der Waals surface area contributed by atoms with E-state index in [2.05, 4.69) is 12.2 Å². The summed E-state index contributed by atoms with van der Waals surface area (Å²) in [5.41, 5.74) is -0.0433. The van der Waals surface area contributed by atoms with Crippen LogP contribution in [0.3, 0.4) is 0 Å². The molecule has 0 aliphatic carbocycles. The van der Waals surface area contributed by atoms with Crippen molar-refractivity contribution in [1.82, 2.24) is 5.32 Å². The summed E-state index contributed by atoms with van der Waals surface area (Å²) in [5.74, 6) is -3.48. The number of ether oxygens (including phenoxy) is 1. The lowest BCUT2D eigenvalue weighted by atomic mass is 10.0. The van der Waals surface area contributed by atoms with E-state index in [0.717, 1.165) is 31.4 Å². The van der Waals surface area contributed by atoms with Gasteiger partial charge in [0.15, 0.2) is 11.6 Å². The quantitative estimate of drug-likeness (QED) is 0.457. The van der Waals surface area contributed by atoms with Gasteiger partial charge in [0.2, 0.25) is 0 Å². The molecule has 0 aromatic heterocycles. The zero-order chi connectivity index (χ0) is 19.5. The van der Waals surface area contributed by atoms with E-state index in [1.165, 1.54) is 25.3 Å². The van der Waals surface area contributed by atoms with Gasteiger partial charge in [0.1, 0.15) is 6.04 Å². The average molecular weight is 369 g/mol. The van der Waals surface area contributed by atoms with Gasteiger partial charge in [-0.25, -0.2) is 13.6 Å². The number of esters is 1. The van der Waals surface area contributed by atoms with Crippen LogP contribution in [0.2, 0.25) is 0 Å². The Morgan fingerprint density at radius 2 is 1.69 bits per heavy atom. The molecule has 0 saturated carbocycles. The van der Waals surface area contributed by atoms with E-state index in [0.29, 0.717) is 6.61 Å². The van der Waals surface area contributed by atoms with Crippen LogP contribution in [0.1, 0.15) is 69.7 Å². The van der Waals surface area contributed by atoms with Crippen LogP contribution in [-0.4, -0.2) is 24.5 Å². The number of halogens is 2. The van der Waals surface area contributed by atoms with Crippen LogP contribution in [0.25, 0.3) is 0 Å². The van der Waals surface area contributed by atoms with Crippen molar-refractivity contribution >= 4 is 11.9 Å². The van der Waals surface area contributed by atoms with E-state index in [4.69, 9.17) is 4.74 Å². The Kier molecular flexibility index (Phi) is 9.84. The van der Waals surface area contributed by atoms with E-state index in [9.17, 15) is 18.4 Å². The number of carbonyl (C=O) groups is 2. The van der Waals surface area contributed by atoms with Crippen molar-refractivity contribution in [2.45, 2.75) is 65.3 Å². The van der Waals surface area contributed by atoms with Gasteiger partial charge in [-0.1, -0.05) is 52.9 Å². The smallest absolute Gasteiger partial charge is 0.328 e. The first kappa shape index (κ1) is 22.1. The van der Waals surface area contributed by atoms with Crippen LogP contribution in [0.4, 0.5) is 8.78 Å². The SMILES string of the molecule is CCCCCCCCOC(=O)C(NC(=O)c1ccc(F)c(F)c1)C(C)C. The Labute approximate surface area is 154 Å². The topological polar surface area (TPSA) is 55.4 Å². The maximum Gasteiger partial charge on any atom is 0.328 e. The molecule has 1 unspecified atom stereocenters. The van der Waals surface area contributed by atoms with Crippen molar-refractivity contribution in [2.75, 3.05) is 6.61 Å². The number of amides is 1. The van der Waals surface area contributed by atoms with Crippen molar-refractivity contribution in [3.05, 3.63) is 35.4 Å². The summed E-state index contributed by atoms with van der Waals surface area (Å²) in [6, 6.07) is 2.03. The summed E-state index contributed by atoms with van der Waals surface area (Å²) in [5, 5.41) is 2.55. The number of hydrogen-bond acceptors (Lipinski definition) is 3. The largest absolute Gasteiger partial charge is 0.464 e. The van der Waals surface area contributed by atoms with Crippen LogP contribution >= 0.6 is 0 Å². The lowest BCUT2D eigenvalue weighted by Crippen LogP contribution is -2.45. The van der Waals surface area contributed by atoms with E-state index >= 15 is 0 Å². The molecular formula is C20H29F2NO3. The molecule has 1 rings (SSSR count). The molecule has 1 atom stereocenters. The molecule has 6 heteroatoms. The zero-order valence-corrected chi connectivity index (χ0v) is 15.8. The van der Waals surface area contributed by atoms with Gasteiger partial charge in [0.25, 0.3) is 5.91 Å². The first-order valence-electron chi connectivity index (χ1n) is 9.29. The molecule has 0 aliphatic rings. The van der Waals surface area contributed by atoms with Gasteiger partial charge in [0, 0.05) is 5.56 Å². The lowest BCUT2D eigenvalue weighted by molar-refractivity contribution is -0.147. The number of benzene rings is 1. The Morgan fingerprint density at radius 1 is 1.04 bits per heavy atom. The molecule has 0 fully saturated rings. The summed E-state index contributed by atoms with van der Waals surface area (Å²) in [7, 11) is 0. The fourth-order valence-corrected chi connectivity index (χ4v) is 2.50. The predicted octanol–water partition coefficient (Wildman–Crippen LogP) is 4.62. The van der Waals surface area contributed by atoms with Crippen LogP contribution in [0.15, 0.2) is 18.2 Å². The number of rotatable bonds is 11. The number of nitrogens with one attached hydrogen (secondary N) is 1. The molecule has 1 aromatic rings. The van der Waals surface area contributed by atoms with Crippen LogP contribution in [0, 0.1) is 17.6 Å². The van der Waals surface area contributed by atoms with E-state index in [1.807, 2.05) is 0 Å². The maximum absolute atomic E-state index is 13.3. The molecule has 0 spiro atoms. The monoisotopic (exact) mass is 369 g/mol. The molecule has 1 amide bonds. The van der Waals surface area contributed by atoms with E-state index < -0.39 is 29.6 Å². The highest BCUT2D eigenvalue weighted by Crippen LogP contribution is 2.11. The van der Waals surface area contributed by atoms with Gasteiger partial charge >= 0.3 is 5.97 Å². The van der Waals surface area contributed by atoms with Gasteiger partial charge in [-0.3, -0.25) is 4.79 Å². The molecule has 0 radical (unpaired) electrons. The third-order valence-electron chi connectivity index (χ3n) is 4.13. The molecule has 0 aliphatic heterocycles. The second kappa shape index (κ2) is 11.6. The standard InChI is InChI=1S/C20H29F2NO3/c1-4-5-6-7-8-9-12-26-20(25)18(14(2)3)23-19(24)15-10-11-16(21)17(22)13-15/h10-11,13-14,18H,4-9,12H2,1-3H3,(H,23,24). The van der Waals surface area contributed by atoms with Crippen molar-refractivity contribution < 1.29 is 23.1 Å². The van der Waals surface area contributed by atoms with Gasteiger partial charge < -0.3 is 10.1 Å². The molecule has 0 bridgehead atoms. The Bertz CT molecular complexity index is 590. The minimum absolute atomic E-state index is 0.0433. The van der Waals surface area contributed by atoms with Gasteiger partial charge in [0.05, 0.1) is 6.61 Å². The van der Waals surface area contributed by atoms with Crippen LogP contribution < -0.4 is 5.32 Å². The Hall–Kier alpha value is -1.98. The van der Waals surface area contributed by atoms with Crippen molar-refractivity contribution in [3.8, 4) is 0 Å². The third kappa shape index (κ3) is 7.50. The van der Waals surface area contributed by atoms with Crippen LogP contribution in [-0.2, 0) is 9.53 Å². The molecule has 1 aromatic carbocycles.